The Morgan fingerprint density at radius 1 is 1.24 bits per heavy atom. The third-order valence-corrected chi connectivity index (χ3v) is 4.55. The van der Waals surface area contributed by atoms with Gasteiger partial charge in [-0.25, -0.2) is 0 Å². The molecule has 1 saturated heterocycles. The molecule has 0 saturated carbocycles. The molecule has 114 valence electrons. The van der Waals surface area contributed by atoms with Crippen molar-refractivity contribution in [1.82, 2.24) is 14.8 Å². The van der Waals surface area contributed by atoms with Crippen LogP contribution in [0.15, 0.2) is 10.9 Å². The number of carbonyl (C=O) groups excluding carboxylic acids is 1. The molecule has 0 unspecified atom stereocenters. The van der Waals surface area contributed by atoms with Gasteiger partial charge in [0.1, 0.15) is 5.56 Å². The van der Waals surface area contributed by atoms with Gasteiger partial charge in [-0.05, 0) is 44.2 Å². The van der Waals surface area contributed by atoms with E-state index < -0.39 is 0 Å². The Bertz CT molecular complexity index is 600. The fraction of sp³-hybridized carbons (Fsp3) is 0.625. The number of carbonyl (C=O) groups is 1. The quantitative estimate of drug-likeness (QED) is 0.876. The summed E-state index contributed by atoms with van der Waals surface area (Å²) < 4.78 is 1.81. The van der Waals surface area contributed by atoms with Crippen molar-refractivity contribution >= 4 is 5.91 Å². The highest BCUT2D eigenvalue weighted by molar-refractivity contribution is 5.94. The summed E-state index contributed by atoms with van der Waals surface area (Å²) in [5.41, 5.74) is 2.59. The Hall–Kier alpha value is -1.62. The SMILES string of the molecule is CCn1c2c(cc(C(=O)N3CCNCC3)c1=O)CCCC2. The first-order valence-corrected chi connectivity index (χ1v) is 7.98. The number of rotatable bonds is 2. The molecule has 0 bridgehead atoms. The molecular weight excluding hydrogens is 266 g/mol. The number of nitrogens with zero attached hydrogens (tertiary/aromatic N) is 2. The number of fused-ring (bicyclic) bond motifs is 1. The minimum Gasteiger partial charge on any atom is -0.336 e. The second-order valence-corrected chi connectivity index (χ2v) is 5.83. The largest absolute Gasteiger partial charge is 0.336 e. The predicted octanol–water partition coefficient (Wildman–Crippen LogP) is 0.792. The molecule has 1 aliphatic carbocycles. The van der Waals surface area contributed by atoms with Gasteiger partial charge in [0.05, 0.1) is 0 Å². The lowest BCUT2D eigenvalue weighted by atomic mass is 9.94. The van der Waals surface area contributed by atoms with Crippen molar-refractivity contribution in [2.75, 3.05) is 26.2 Å². The molecule has 1 amide bonds. The third-order valence-electron chi connectivity index (χ3n) is 4.55. The van der Waals surface area contributed by atoms with Gasteiger partial charge in [-0.1, -0.05) is 0 Å². The summed E-state index contributed by atoms with van der Waals surface area (Å²) in [6.45, 7) is 5.60. The summed E-state index contributed by atoms with van der Waals surface area (Å²) in [6, 6.07) is 1.87. The van der Waals surface area contributed by atoms with Gasteiger partial charge in [0.25, 0.3) is 11.5 Å². The van der Waals surface area contributed by atoms with Crippen LogP contribution in [0, 0.1) is 0 Å². The highest BCUT2D eigenvalue weighted by Crippen LogP contribution is 2.21. The fourth-order valence-electron chi connectivity index (χ4n) is 3.41. The topological polar surface area (TPSA) is 54.3 Å². The van der Waals surface area contributed by atoms with Crippen LogP contribution in [0.1, 0.15) is 41.4 Å². The molecule has 0 spiro atoms. The molecule has 21 heavy (non-hydrogen) atoms. The Balaban J connectivity index is 2.02. The van der Waals surface area contributed by atoms with E-state index in [9.17, 15) is 9.59 Å². The number of amides is 1. The summed E-state index contributed by atoms with van der Waals surface area (Å²) in [5.74, 6) is -0.0999. The Morgan fingerprint density at radius 3 is 2.67 bits per heavy atom. The first-order chi connectivity index (χ1) is 10.2. The smallest absolute Gasteiger partial charge is 0.263 e. The van der Waals surface area contributed by atoms with Crippen LogP contribution in [0.25, 0.3) is 0 Å². The van der Waals surface area contributed by atoms with E-state index in [-0.39, 0.29) is 11.5 Å². The average molecular weight is 289 g/mol. The van der Waals surface area contributed by atoms with Crippen LogP contribution in [0.2, 0.25) is 0 Å². The summed E-state index contributed by atoms with van der Waals surface area (Å²) in [5, 5.41) is 3.23. The van der Waals surface area contributed by atoms with Crippen molar-refractivity contribution in [2.45, 2.75) is 39.2 Å². The molecule has 1 aliphatic heterocycles. The van der Waals surface area contributed by atoms with E-state index in [0.29, 0.717) is 25.2 Å². The third kappa shape index (κ3) is 2.62. The first-order valence-electron chi connectivity index (χ1n) is 7.98. The zero-order valence-corrected chi connectivity index (χ0v) is 12.7. The number of nitrogens with one attached hydrogen (secondary N) is 1. The lowest BCUT2D eigenvalue weighted by Crippen LogP contribution is -2.48. The summed E-state index contributed by atoms with van der Waals surface area (Å²) in [4.78, 5) is 27.1. The second kappa shape index (κ2) is 6.02. The highest BCUT2D eigenvalue weighted by atomic mass is 16.2. The maximum atomic E-state index is 12.7. The molecule has 2 heterocycles. The Morgan fingerprint density at radius 2 is 1.95 bits per heavy atom. The van der Waals surface area contributed by atoms with E-state index in [0.717, 1.165) is 44.5 Å². The van der Waals surface area contributed by atoms with Crippen LogP contribution in [0.5, 0.6) is 0 Å². The maximum absolute atomic E-state index is 12.7. The Kier molecular flexibility index (Phi) is 4.10. The van der Waals surface area contributed by atoms with Gasteiger partial charge in [-0.15, -0.1) is 0 Å². The molecule has 0 radical (unpaired) electrons. The Labute approximate surface area is 124 Å². The molecule has 1 aromatic heterocycles. The molecule has 1 fully saturated rings. The van der Waals surface area contributed by atoms with Gasteiger partial charge in [0.2, 0.25) is 0 Å². The minimum atomic E-state index is -0.110. The molecule has 5 nitrogen and oxygen atoms in total. The van der Waals surface area contributed by atoms with Crippen LogP contribution in [0.4, 0.5) is 0 Å². The van der Waals surface area contributed by atoms with Crippen LogP contribution >= 0.6 is 0 Å². The molecular formula is C16H23N3O2. The van der Waals surface area contributed by atoms with Crippen molar-refractivity contribution in [1.29, 1.82) is 0 Å². The number of aromatic nitrogens is 1. The zero-order valence-electron chi connectivity index (χ0n) is 12.7. The number of pyridine rings is 1. The van der Waals surface area contributed by atoms with E-state index in [4.69, 9.17) is 0 Å². The second-order valence-electron chi connectivity index (χ2n) is 5.83. The molecule has 0 aromatic carbocycles. The van der Waals surface area contributed by atoms with E-state index in [1.807, 2.05) is 17.6 Å². The van der Waals surface area contributed by atoms with E-state index in [1.54, 1.807) is 4.90 Å². The van der Waals surface area contributed by atoms with Crippen molar-refractivity contribution in [3.63, 3.8) is 0 Å². The predicted molar refractivity (Wildman–Crippen MR) is 81.8 cm³/mol. The first kappa shape index (κ1) is 14.3. The van der Waals surface area contributed by atoms with Gasteiger partial charge >= 0.3 is 0 Å². The van der Waals surface area contributed by atoms with E-state index >= 15 is 0 Å². The van der Waals surface area contributed by atoms with E-state index in [2.05, 4.69) is 5.32 Å². The molecule has 0 atom stereocenters. The standard InChI is InChI=1S/C16H23N3O2/c1-2-19-14-6-4-3-5-12(14)11-13(16(19)21)15(20)18-9-7-17-8-10-18/h11,17H,2-10H2,1H3. The van der Waals surface area contributed by atoms with Crippen LogP contribution < -0.4 is 10.9 Å². The molecule has 5 heteroatoms. The number of piperazine rings is 1. The van der Waals surface area contributed by atoms with Crippen molar-refractivity contribution in [2.24, 2.45) is 0 Å². The lowest BCUT2D eigenvalue weighted by molar-refractivity contribution is 0.0733. The van der Waals surface area contributed by atoms with Crippen molar-refractivity contribution in [3.05, 3.63) is 33.2 Å². The van der Waals surface area contributed by atoms with E-state index in [1.165, 1.54) is 5.56 Å². The number of hydrogen-bond donors (Lipinski definition) is 1. The lowest BCUT2D eigenvalue weighted by Gasteiger charge is -2.28. The van der Waals surface area contributed by atoms with Crippen molar-refractivity contribution in [3.8, 4) is 0 Å². The van der Waals surface area contributed by atoms with Crippen molar-refractivity contribution < 1.29 is 4.79 Å². The molecule has 1 N–H and O–H groups in total. The van der Waals surface area contributed by atoms with Gasteiger partial charge in [0.15, 0.2) is 0 Å². The number of aryl methyl sites for hydroxylation is 1. The fourth-order valence-corrected chi connectivity index (χ4v) is 3.41. The normalized spacial score (nSPS) is 18.4. The minimum absolute atomic E-state index is 0.0999. The molecule has 3 rings (SSSR count). The molecule has 1 aromatic rings. The average Bonchev–Trinajstić information content (AvgIpc) is 2.54. The summed E-state index contributed by atoms with van der Waals surface area (Å²) in [6.07, 6.45) is 4.23. The summed E-state index contributed by atoms with van der Waals surface area (Å²) in [7, 11) is 0. The highest BCUT2D eigenvalue weighted by Gasteiger charge is 2.24. The summed E-state index contributed by atoms with van der Waals surface area (Å²) >= 11 is 0. The van der Waals surface area contributed by atoms with Gasteiger partial charge in [-0.2, -0.15) is 0 Å². The van der Waals surface area contributed by atoms with Crippen LogP contribution in [-0.4, -0.2) is 41.6 Å². The van der Waals surface area contributed by atoms with Gasteiger partial charge < -0.3 is 14.8 Å². The van der Waals surface area contributed by atoms with Crippen LogP contribution in [-0.2, 0) is 19.4 Å². The monoisotopic (exact) mass is 289 g/mol. The molecule has 2 aliphatic rings. The zero-order chi connectivity index (χ0) is 14.8. The van der Waals surface area contributed by atoms with Gasteiger partial charge in [0, 0.05) is 38.4 Å². The van der Waals surface area contributed by atoms with Gasteiger partial charge in [-0.3, -0.25) is 9.59 Å². The van der Waals surface area contributed by atoms with Crippen LogP contribution in [0.3, 0.4) is 0 Å². The number of hydrogen-bond acceptors (Lipinski definition) is 3. The maximum Gasteiger partial charge on any atom is 0.263 e.